The molecule has 0 saturated carbocycles. The summed E-state index contributed by atoms with van der Waals surface area (Å²) in [6.45, 7) is 0.542. The van der Waals surface area contributed by atoms with Crippen LogP contribution >= 0.6 is 27.7 Å². The van der Waals surface area contributed by atoms with E-state index in [9.17, 15) is 4.39 Å². The van der Waals surface area contributed by atoms with Crippen molar-refractivity contribution in [2.45, 2.75) is 25.1 Å². The predicted octanol–water partition coefficient (Wildman–Crippen LogP) is 4.76. The van der Waals surface area contributed by atoms with Crippen LogP contribution in [0.3, 0.4) is 0 Å². The highest BCUT2D eigenvalue weighted by molar-refractivity contribution is 7.16. The molecule has 0 heterocycles. The van der Waals surface area contributed by atoms with Gasteiger partial charge in [-0.15, -0.1) is 27.7 Å². The Bertz CT molecular complexity index is 659. The minimum absolute atomic E-state index is 0.170. The first-order valence-corrected chi connectivity index (χ1v) is 9.62. The van der Waals surface area contributed by atoms with Gasteiger partial charge < -0.3 is 4.74 Å². The molecule has 22 heavy (non-hydrogen) atoms. The second-order valence-electron chi connectivity index (χ2n) is 5.13. The molecule has 0 aliphatic carbocycles. The van der Waals surface area contributed by atoms with Crippen molar-refractivity contribution >= 4 is 27.7 Å². The topological polar surface area (TPSA) is 9.23 Å². The smallest absolute Gasteiger partial charge is 0.131 e. The van der Waals surface area contributed by atoms with E-state index >= 15 is 0 Å². The van der Waals surface area contributed by atoms with Gasteiger partial charge in [0.05, 0.1) is 6.61 Å². The van der Waals surface area contributed by atoms with Crippen molar-refractivity contribution in [1.82, 2.24) is 0 Å². The van der Waals surface area contributed by atoms with E-state index in [1.54, 1.807) is 13.2 Å². The first kappa shape index (κ1) is 18.0. The summed E-state index contributed by atoms with van der Waals surface area (Å²) in [4.78, 5) is 0. The number of methoxy groups -OCH3 is 1. The highest BCUT2D eigenvalue weighted by atomic mass is 31.0. The lowest BCUT2D eigenvalue weighted by Gasteiger charge is -2.16. The van der Waals surface area contributed by atoms with Gasteiger partial charge in [-0.2, -0.15) is 0 Å². The van der Waals surface area contributed by atoms with Gasteiger partial charge in [0.25, 0.3) is 0 Å². The molecular weight excluding hydrogens is 332 g/mol. The fourth-order valence-corrected chi connectivity index (χ4v) is 3.74. The fourth-order valence-electron chi connectivity index (χ4n) is 2.60. The van der Waals surface area contributed by atoms with E-state index in [0.717, 1.165) is 35.2 Å². The summed E-state index contributed by atoms with van der Waals surface area (Å²) in [6, 6.07) is 9.59. The van der Waals surface area contributed by atoms with E-state index in [-0.39, 0.29) is 5.82 Å². The standard InChI is InChI=1S/C17H22FOP3/c1-19-7-13-5-12(6-14(9-21)16(13)10-22)15-3-2-11(8-20)4-17(15)18/h2-6H,7-10,20-22H2,1H3. The zero-order valence-corrected chi connectivity index (χ0v) is 16.2. The van der Waals surface area contributed by atoms with E-state index < -0.39 is 0 Å². The van der Waals surface area contributed by atoms with Crippen molar-refractivity contribution in [3.63, 3.8) is 0 Å². The SMILES string of the molecule is COCc1cc(-c2ccc(CP)cc2F)cc(CP)c1CP. The highest BCUT2D eigenvalue weighted by Gasteiger charge is 2.12. The van der Waals surface area contributed by atoms with Crippen LogP contribution in [0, 0.1) is 5.82 Å². The van der Waals surface area contributed by atoms with E-state index in [4.69, 9.17) is 4.74 Å². The van der Waals surface area contributed by atoms with Crippen molar-refractivity contribution in [3.05, 3.63) is 58.4 Å². The molecule has 1 nitrogen and oxygen atoms in total. The summed E-state index contributed by atoms with van der Waals surface area (Å²) in [5.41, 5.74) is 6.17. The molecule has 3 unspecified atom stereocenters. The molecule has 0 radical (unpaired) electrons. The zero-order valence-electron chi connectivity index (χ0n) is 12.7. The third kappa shape index (κ3) is 3.93. The lowest BCUT2D eigenvalue weighted by molar-refractivity contribution is 0.184. The summed E-state index contributed by atoms with van der Waals surface area (Å²) in [5, 5.41) is 0. The lowest BCUT2D eigenvalue weighted by atomic mass is 9.95. The minimum atomic E-state index is -0.170. The number of hydrogen-bond acceptors (Lipinski definition) is 1. The van der Waals surface area contributed by atoms with E-state index in [2.05, 4.69) is 33.8 Å². The quantitative estimate of drug-likeness (QED) is 0.680. The predicted molar refractivity (Wildman–Crippen MR) is 103 cm³/mol. The molecule has 0 aliphatic rings. The molecule has 118 valence electrons. The number of benzene rings is 2. The number of halogens is 1. The zero-order chi connectivity index (χ0) is 16.1. The molecule has 0 spiro atoms. The van der Waals surface area contributed by atoms with Crippen LogP contribution in [0.5, 0.6) is 0 Å². The van der Waals surface area contributed by atoms with Crippen molar-refractivity contribution in [2.24, 2.45) is 0 Å². The molecule has 0 fully saturated rings. The van der Waals surface area contributed by atoms with Gasteiger partial charge in [-0.3, -0.25) is 0 Å². The number of rotatable bonds is 6. The summed E-state index contributed by atoms with van der Waals surface area (Å²) in [7, 11) is 9.83. The Morgan fingerprint density at radius 1 is 0.955 bits per heavy atom. The van der Waals surface area contributed by atoms with Crippen LogP contribution in [0.4, 0.5) is 4.39 Å². The van der Waals surface area contributed by atoms with Gasteiger partial charge in [-0.1, -0.05) is 18.2 Å². The Morgan fingerprint density at radius 3 is 2.23 bits per heavy atom. The number of ether oxygens (including phenoxy) is 1. The van der Waals surface area contributed by atoms with Crippen molar-refractivity contribution in [2.75, 3.05) is 7.11 Å². The largest absolute Gasteiger partial charge is 0.380 e. The Morgan fingerprint density at radius 2 is 1.68 bits per heavy atom. The van der Waals surface area contributed by atoms with Crippen LogP contribution in [0.15, 0.2) is 30.3 Å². The van der Waals surface area contributed by atoms with Crippen LogP contribution in [0.2, 0.25) is 0 Å². The van der Waals surface area contributed by atoms with Crippen LogP contribution in [-0.2, 0) is 29.8 Å². The molecule has 0 saturated heterocycles. The van der Waals surface area contributed by atoms with Gasteiger partial charge in [0, 0.05) is 12.7 Å². The second kappa shape index (κ2) is 8.47. The molecule has 0 aliphatic heterocycles. The maximum absolute atomic E-state index is 14.4. The van der Waals surface area contributed by atoms with E-state index in [0.29, 0.717) is 12.2 Å². The molecule has 0 N–H and O–H groups in total. The normalized spacial score (nSPS) is 11.0. The average Bonchev–Trinajstić information content (AvgIpc) is 2.54. The lowest BCUT2D eigenvalue weighted by Crippen LogP contribution is -2.00. The molecule has 2 aromatic carbocycles. The molecule has 0 bridgehead atoms. The third-order valence-corrected chi connectivity index (χ3v) is 5.06. The Labute approximate surface area is 139 Å². The maximum atomic E-state index is 14.4. The van der Waals surface area contributed by atoms with Crippen molar-refractivity contribution in [1.29, 1.82) is 0 Å². The molecule has 2 rings (SSSR count). The van der Waals surface area contributed by atoms with E-state index in [1.807, 2.05) is 18.2 Å². The monoisotopic (exact) mass is 354 g/mol. The molecule has 0 amide bonds. The second-order valence-corrected chi connectivity index (χ2v) is 6.36. The molecular formula is C17H22FOP3. The van der Waals surface area contributed by atoms with Gasteiger partial charge in [0.1, 0.15) is 5.82 Å². The van der Waals surface area contributed by atoms with Gasteiger partial charge in [-0.05, 0) is 58.4 Å². The van der Waals surface area contributed by atoms with Crippen LogP contribution < -0.4 is 0 Å². The minimum Gasteiger partial charge on any atom is -0.380 e. The van der Waals surface area contributed by atoms with Crippen LogP contribution in [-0.4, -0.2) is 7.11 Å². The highest BCUT2D eigenvalue weighted by Crippen LogP contribution is 2.31. The van der Waals surface area contributed by atoms with Crippen molar-refractivity contribution < 1.29 is 9.13 Å². The van der Waals surface area contributed by atoms with Gasteiger partial charge in [0.15, 0.2) is 0 Å². The molecule has 0 aromatic heterocycles. The third-order valence-electron chi connectivity index (χ3n) is 3.74. The summed E-state index contributed by atoms with van der Waals surface area (Å²) < 4.78 is 19.7. The molecule has 5 heteroatoms. The Hall–Kier alpha value is -0.380. The van der Waals surface area contributed by atoms with Crippen molar-refractivity contribution in [3.8, 4) is 11.1 Å². The summed E-state index contributed by atoms with van der Waals surface area (Å²) >= 11 is 0. The van der Waals surface area contributed by atoms with E-state index in [1.165, 1.54) is 11.1 Å². The van der Waals surface area contributed by atoms with Crippen LogP contribution in [0.1, 0.15) is 22.3 Å². The van der Waals surface area contributed by atoms with Gasteiger partial charge in [-0.25, -0.2) is 4.39 Å². The first-order chi connectivity index (χ1) is 10.6. The summed E-state index contributed by atoms with van der Waals surface area (Å²) in [6.07, 6.45) is 2.48. The summed E-state index contributed by atoms with van der Waals surface area (Å²) in [5.74, 6) is -0.170. The maximum Gasteiger partial charge on any atom is 0.131 e. The fraction of sp³-hybridized carbons (Fsp3) is 0.294. The van der Waals surface area contributed by atoms with Gasteiger partial charge >= 0.3 is 0 Å². The Kier molecular flexibility index (Phi) is 6.91. The molecule has 3 atom stereocenters. The Balaban J connectivity index is 2.57. The molecule has 2 aromatic rings. The first-order valence-electron chi connectivity index (χ1n) is 7.17. The van der Waals surface area contributed by atoms with Crippen LogP contribution in [0.25, 0.3) is 11.1 Å². The van der Waals surface area contributed by atoms with Gasteiger partial charge in [0.2, 0.25) is 0 Å². The number of hydrogen-bond donors (Lipinski definition) is 0. The average molecular weight is 354 g/mol.